The number of nitrogens with zero attached hydrogens (tertiary/aromatic N) is 1. The third-order valence-corrected chi connectivity index (χ3v) is 6.11. The lowest BCUT2D eigenvalue weighted by Gasteiger charge is -2.37. The van der Waals surface area contributed by atoms with Crippen molar-refractivity contribution in [1.82, 2.24) is 10.2 Å². The van der Waals surface area contributed by atoms with Crippen LogP contribution in [0.2, 0.25) is 0 Å². The number of rotatable bonds is 9. The number of benzene rings is 2. The molecular formula is C26H31FN4O4S. The Hall–Kier alpha value is -3.53. The minimum atomic E-state index is -1.13. The van der Waals surface area contributed by atoms with Crippen LogP contribution in [0.1, 0.15) is 44.6 Å². The van der Waals surface area contributed by atoms with Crippen LogP contribution in [0.3, 0.4) is 0 Å². The highest BCUT2D eigenvalue weighted by molar-refractivity contribution is 7.80. The van der Waals surface area contributed by atoms with Crippen molar-refractivity contribution in [3.63, 3.8) is 0 Å². The van der Waals surface area contributed by atoms with Gasteiger partial charge in [0.05, 0.1) is 6.42 Å². The first-order valence-electron chi connectivity index (χ1n) is 11.9. The zero-order valence-electron chi connectivity index (χ0n) is 20.1. The van der Waals surface area contributed by atoms with Gasteiger partial charge in [-0.15, -0.1) is 0 Å². The molecular weight excluding hydrogens is 483 g/mol. The van der Waals surface area contributed by atoms with Crippen LogP contribution in [0.15, 0.2) is 48.5 Å². The van der Waals surface area contributed by atoms with E-state index in [9.17, 15) is 19.1 Å². The molecule has 3 rings (SSSR count). The predicted octanol–water partition coefficient (Wildman–Crippen LogP) is 5.19. The minimum absolute atomic E-state index is 0.0331. The summed E-state index contributed by atoms with van der Waals surface area (Å²) < 4.78 is 20.6. The van der Waals surface area contributed by atoms with E-state index in [1.54, 1.807) is 0 Å². The van der Waals surface area contributed by atoms with E-state index in [-0.39, 0.29) is 35.7 Å². The molecule has 1 heterocycles. The normalized spacial score (nSPS) is 17.2. The number of carbonyl (C=O) groups is 2. The number of carbonyl (C=O) groups excluding carboxylic acids is 1. The molecule has 0 spiro atoms. The fourth-order valence-electron chi connectivity index (χ4n) is 4.20. The Balaban J connectivity index is 1.59. The molecule has 0 aliphatic carbocycles. The summed E-state index contributed by atoms with van der Waals surface area (Å²) in [6.07, 6.45) is 1.39. The first kappa shape index (κ1) is 27.1. The Bertz CT molecular complexity index is 1100. The van der Waals surface area contributed by atoms with Gasteiger partial charge in [0.1, 0.15) is 0 Å². The zero-order chi connectivity index (χ0) is 26.1. The van der Waals surface area contributed by atoms with Crippen LogP contribution in [-0.4, -0.2) is 45.6 Å². The lowest BCUT2D eigenvalue weighted by atomic mass is 9.89. The zero-order valence-corrected chi connectivity index (χ0v) is 20.9. The summed E-state index contributed by atoms with van der Waals surface area (Å²) in [5.41, 5.74) is 1.79. The molecule has 8 nitrogen and oxygen atoms in total. The van der Waals surface area contributed by atoms with Gasteiger partial charge >= 0.3 is 6.09 Å². The molecule has 192 valence electrons. The van der Waals surface area contributed by atoms with E-state index in [2.05, 4.69) is 10.6 Å². The summed E-state index contributed by atoms with van der Waals surface area (Å²) in [4.78, 5) is 25.0. The molecule has 0 saturated carbocycles. The van der Waals surface area contributed by atoms with Crippen LogP contribution < -0.4 is 15.4 Å². The summed E-state index contributed by atoms with van der Waals surface area (Å²) in [6, 6.07) is 13.3. The number of likely N-dealkylation sites (tertiary alicyclic amines) is 1. The number of halogens is 1. The second-order valence-electron chi connectivity index (χ2n) is 8.81. The topological polar surface area (TPSA) is 115 Å². The molecule has 2 aromatic rings. The van der Waals surface area contributed by atoms with Crippen molar-refractivity contribution in [1.29, 1.82) is 5.41 Å². The van der Waals surface area contributed by atoms with Crippen molar-refractivity contribution >= 4 is 40.7 Å². The number of thiocarbonyl (C=S) groups is 1. The number of ether oxygens (including phenoxy) is 1. The molecule has 0 aromatic heterocycles. The fourth-order valence-corrected chi connectivity index (χ4v) is 4.43. The Morgan fingerprint density at radius 2 is 2.00 bits per heavy atom. The van der Waals surface area contributed by atoms with E-state index in [1.807, 2.05) is 37.3 Å². The molecule has 2 amide bonds. The molecule has 1 saturated heterocycles. The monoisotopic (exact) mass is 514 g/mol. The van der Waals surface area contributed by atoms with Crippen molar-refractivity contribution in [2.75, 3.05) is 11.9 Å². The molecule has 1 fully saturated rings. The number of nitrogens with one attached hydrogen (secondary N) is 3. The van der Waals surface area contributed by atoms with Gasteiger partial charge in [-0.1, -0.05) is 43.7 Å². The van der Waals surface area contributed by atoms with Gasteiger partial charge in [0, 0.05) is 30.4 Å². The van der Waals surface area contributed by atoms with Gasteiger partial charge < -0.3 is 25.9 Å². The van der Waals surface area contributed by atoms with Crippen molar-refractivity contribution in [2.45, 2.75) is 51.7 Å². The molecule has 1 aliphatic heterocycles. The van der Waals surface area contributed by atoms with E-state index in [4.69, 9.17) is 22.4 Å². The van der Waals surface area contributed by atoms with Crippen molar-refractivity contribution in [2.24, 2.45) is 5.92 Å². The summed E-state index contributed by atoms with van der Waals surface area (Å²) >= 11 is 5.16. The number of anilines is 1. The second kappa shape index (κ2) is 13.0. The number of carboxylic acid groups (broad SMARTS) is 1. The van der Waals surface area contributed by atoms with Crippen molar-refractivity contribution in [3.05, 3.63) is 59.9 Å². The predicted molar refractivity (Wildman–Crippen MR) is 140 cm³/mol. The molecule has 2 aromatic carbocycles. The highest BCUT2D eigenvalue weighted by Gasteiger charge is 2.34. The Labute approximate surface area is 215 Å². The molecule has 4 N–H and O–H groups in total. The fraction of sp³-hybridized carbons (Fsp3) is 0.385. The van der Waals surface area contributed by atoms with Crippen LogP contribution in [-0.2, 0) is 11.2 Å². The summed E-state index contributed by atoms with van der Waals surface area (Å²) in [5.74, 6) is -0.970. The minimum Gasteiger partial charge on any atom is -0.467 e. The lowest BCUT2D eigenvalue weighted by molar-refractivity contribution is -0.119. The molecule has 1 aliphatic rings. The second-order valence-corrected chi connectivity index (χ2v) is 9.21. The maximum absolute atomic E-state index is 14.8. The van der Waals surface area contributed by atoms with Gasteiger partial charge in [-0.2, -0.15) is 0 Å². The average molecular weight is 515 g/mol. The van der Waals surface area contributed by atoms with E-state index in [1.165, 1.54) is 23.1 Å². The molecule has 2 atom stereocenters. The van der Waals surface area contributed by atoms with Gasteiger partial charge in [-0.05, 0) is 55.1 Å². The average Bonchev–Trinajstić information content (AvgIpc) is 2.81. The van der Waals surface area contributed by atoms with E-state index < -0.39 is 18.1 Å². The maximum atomic E-state index is 14.8. The smallest absolute Gasteiger partial charge is 0.410 e. The maximum Gasteiger partial charge on any atom is 0.410 e. The van der Waals surface area contributed by atoms with Gasteiger partial charge in [-0.3, -0.25) is 9.69 Å². The largest absolute Gasteiger partial charge is 0.467 e. The first-order chi connectivity index (χ1) is 17.2. The van der Waals surface area contributed by atoms with Gasteiger partial charge in [0.2, 0.25) is 5.91 Å². The third-order valence-electron chi connectivity index (χ3n) is 5.91. The number of hydrogen-bond acceptors (Lipinski definition) is 5. The Morgan fingerprint density at radius 1 is 1.25 bits per heavy atom. The van der Waals surface area contributed by atoms with Crippen LogP contribution in [0.25, 0.3) is 0 Å². The third kappa shape index (κ3) is 8.01. The Morgan fingerprint density at radius 3 is 2.67 bits per heavy atom. The summed E-state index contributed by atoms with van der Waals surface area (Å²) in [6.45, 7) is 2.28. The van der Waals surface area contributed by atoms with Crippen molar-refractivity contribution in [3.8, 4) is 5.75 Å². The van der Waals surface area contributed by atoms with Crippen LogP contribution in [0, 0.1) is 17.1 Å². The van der Waals surface area contributed by atoms with E-state index >= 15 is 0 Å². The lowest BCUT2D eigenvalue weighted by Crippen LogP contribution is -2.48. The Kier molecular flexibility index (Phi) is 9.75. The first-order valence-corrected chi connectivity index (χ1v) is 12.3. The van der Waals surface area contributed by atoms with E-state index in [0.717, 1.165) is 12.0 Å². The summed E-state index contributed by atoms with van der Waals surface area (Å²) in [5, 5.41) is 23.0. The van der Waals surface area contributed by atoms with Crippen LogP contribution in [0.5, 0.6) is 5.75 Å². The summed E-state index contributed by atoms with van der Waals surface area (Å²) in [7, 11) is 0. The highest BCUT2D eigenvalue weighted by atomic mass is 32.1. The molecule has 10 heteroatoms. The number of amides is 2. The molecule has 36 heavy (non-hydrogen) atoms. The SMILES string of the molecule is CCCC(=N)CC1CCN(C(=O)O)C(Oc2ccc(NC(=S)NC(=O)Cc3ccccc3)cc2F)C1. The molecule has 0 radical (unpaired) electrons. The van der Waals surface area contributed by atoms with Gasteiger partial charge in [0.15, 0.2) is 22.9 Å². The van der Waals surface area contributed by atoms with Crippen molar-refractivity contribution < 1.29 is 23.8 Å². The highest BCUT2D eigenvalue weighted by Crippen LogP contribution is 2.30. The number of piperidine rings is 1. The van der Waals surface area contributed by atoms with Crippen LogP contribution >= 0.6 is 12.2 Å². The van der Waals surface area contributed by atoms with Gasteiger partial charge in [0.25, 0.3) is 0 Å². The van der Waals surface area contributed by atoms with Gasteiger partial charge in [-0.25, -0.2) is 9.18 Å². The standard InChI is InChI=1S/C26H31FN4O4S/c1-2-6-19(28)13-18-11-12-31(26(33)34)24(15-18)35-22-10-9-20(16-21(22)27)29-25(36)30-23(32)14-17-7-4-3-5-8-17/h3-5,7-10,16,18,24,28H,2,6,11-15H2,1H3,(H,33,34)(H2,29,30,32,36). The molecule has 2 unspecified atom stereocenters. The number of hydrogen-bond donors (Lipinski definition) is 4. The quantitative estimate of drug-likeness (QED) is 0.271. The van der Waals surface area contributed by atoms with Crippen LogP contribution in [0.4, 0.5) is 14.9 Å². The molecule has 0 bridgehead atoms. The van der Waals surface area contributed by atoms with E-state index in [0.29, 0.717) is 37.1 Å².